The zero-order valence-electron chi connectivity index (χ0n) is 18.9. The molecule has 4 rings (SSSR count). The smallest absolute Gasteiger partial charge is 0.275 e. The second-order valence-corrected chi connectivity index (χ2v) is 8.33. The molecule has 1 aromatic heterocycles. The number of halogens is 2. The summed E-state index contributed by atoms with van der Waals surface area (Å²) in [5.41, 5.74) is 2.76. The molecule has 1 heterocycles. The number of nitrogens with one attached hydrogen (secondary N) is 1. The van der Waals surface area contributed by atoms with Crippen molar-refractivity contribution in [3.8, 4) is 0 Å². The molecule has 176 valence electrons. The van der Waals surface area contributed by atoms with Gasteiger partial charge in [-0.15, -0.1) is 0 Å². The lowest BCUT2D eigenvalue weighted by molar-refractivity contribution is -0.121. The Labute approximate surface area is 207 Å². The van der Waals surface area contributed by atoms with Gasteiger partial charge in [0.2, 0.25) is 0 Å². The molecule has 0 spiro atoms. The van der Waals surface area contributed by atoms with Gasteiger partial charge in [-0.3, -0.25) is 14.6 Å². The largest absolute Gasteiger partial charge is 0.324 e. The molecule has 1 N–H and O–H groups in total. The Kier molecular flexibility index (Phi) is 7.48. The Hall–Kier alpha value is -4.10. The van der Waals surface area contributed by atoms with Gasteiger partial charge in [0.1, 0.15) is 17.6 Å². The van der Waals surface area contributed by atoms with Crippen LogP contribution in [0.5, 0.6) is 0 Å². The molecule has 3 aromatic carbocycles. The fourth-order valence-corrected chi connectivity index (χ4v) is 3.81. The molecule has 0 saturated heterocycles. The second kappa shape index (κ2) is 10.9. The fraction of sp³-hybridized carbons (Fsp3) is 0.111. The van der Waals surface area contributed by atoms with Crippen LogP contribution in [0.4, 0.5) is 10.1 Å². The van der Waals surface area contributed by atoms with Gasteiger partial charge in [-0.25, -0.2) is 9.37 Å². The Morgan fingerprint density at radius 2 is 1.71 bits per heavy atom. The maximum Gasteiger partial charge on any atom is 0.275 e. The Balaban J connectivity index is 1.79. The van der Waals surface area contributed by atoms with Gasteiger partial charge in [0.15, 0.2) is 0 Å². The van der Waals surface area contributed by atoms with Crippen LogP contribution in [-0.2, 0) is 11.3 Å². The van der Waals surface area contributed by atoms with Crippen molar-refractivity contribution in [3.05, 3.63) is 125 Å². The zero-order chi connectivity index (χ0) is 24.8. The van der Waals surface area contributed by atoms with Gasteiger partial charge in [0, 0.05) is 29.6 Å². The SMILES string of the molecule is Cc1ccc([C@@H](C(=O)Nc2ccc(F)cc2)N(Cc2ccccc2Cl)C(=O)c2cnccn2)cc1. The van der Waals surface area contributed by atoms with Gasteiger partial charge < -0.3 is 10.2 Å². The molecule has 2 amide bonds. The van der Waals surface area contributed by atoms with Gasteiger partial charge in [0.25, 0.3) is 11.8 Å². The van der Waals surface area contributed by atoms with Gasteiger partial charge in [-0.1, -0.05) is 59.6 Å². The van der Waals surface area contributed by atoms with Crippen LogP contribution in [0.15, 0.2) is 91.4 Å². The maximum atomic E-state index is 13.7. The van der Waals surface area contributed by atoms with Crippen molar-refractivity contribution in [1.82, 2.24) is 14.9 Å². The Morgan fingerprint density at radius 3 is 2.37 bits per heavy atom. The van der Waals surface area contributed by atoms with Crippen molar-refractivity contribution in [2.75, 3.05) is 5.32 Å². The van der Waals surface area contributed by atoms with Crippen LogP contribution < -0.4 is 5.32 Å². The number of aryl methyl sites for hydroxylation is 1. The van der Waals surface area contributed by atoms with Crippen molar-refractivity contribution in [3.63, 3.8) is 0 Å². The first-order valence-electron chi connectivity index (χ1n) is 10.9. The van der Waals surface area contributed by atoms with E-state index in [4.69, 9.17) is 11.6 Å². The molecule has 6 nitrogen and oxygen atoms in total. The number of benzene rings is 3. The predicted octanol–water partition coefficient (Wildman–Crippen LogP) is 5.60. The summed E-state index contributed by atoms with van der Waals surface area (Å²) in [4.78, 5) is 36.9. The molecule has 0 radical (unpaired) electrons. The topological polar surface area (TPSA) is 75.2 Å². The number of anilines is 1. The first-order chi connectivity index (χ1) is 16.9. The molecular formula is C27H22ClFN4O2. The van der Waals surface area contributed by atoms with Crippen LogP contribution in [0, 0.1) is 12.7 Å². The van der Waals surface area contributed by atoms with Crippen molar-refractivity contribution >= 4 is 29.1 Å². The summed E-state index contributed by atoms with van der Waals surface area (Å²) in [5.74, 6) is -1.38. The van der Waals surface area contributed by atoms with E-state index >= 15 is 0 Å². The van der Waals surface area contributed by atoms with Crippen LogP contribution in [-0.4, -0.2) is 26.7 Å². The lowest BCUT2D eigenvalue weighted by atomic mass is 10.0. The van der Waals surface area contributed by atoms with E-state index in [9.17, 15) is 14.0 Å². The molecule has 0 fully saturated rings. The molecule has 0 aliphatic rings. The summed E-state index contributed by atoms with van der Waals surface area (Å²) in [6.07, 6.45) is 4.24. The predicted molar refractivity (Wildman–Crippen MR) is 132 cm³/mol. The van der Waals surface area contributed by atoms with E-state index in [-0.39, 0.29) is 12.2 Å². The highest BCUT2D eigenvalue weighted by Gasteiger charge is 2.33. The molecule has 0 saturated carbocycles. The van der Waals surface area contributed by atoms with Gasteiger partial charge in [-0.2, -0.15) is 0 Å². The van der Waals surface area contributed by atoms with E-state index in [2.05, 4.69) is 15.3 Å². The summed E-state index contributed by atoms with van der Waals surface area (Å²) in [6, 6.07) is 18.8. The van der Waals surface area contributed by atoms with Crippen molar-refractivity contribution in [1.29, 1.82) is 0 Å². The monoisotopic (exact) mass is 488 g/mol. The summed E-state index contributed by atoms with van der Waals surface area (Å²) in [5, 5.41) is 3.26. The standard InChI is InChI=1S/C27H22ClFN4O2/c1-18-6-8-19(9-7-18)25(26(34)32-22-12-10-21(29)11-13-22)33(17-20-4-2-3-5-23(20)28)27(35)24-16-30-14-15-31-24/h2-16,25H,17H2,1H3,(H,32,34)/t25-/m0/s1. The first-order valence-corrected chi connectivity index (χ1v) is 11.2. The number of hydrogen-bond donors (Lipinski definition) is 1. The van der Waals surface area contributed by atoms with Gasteiger partial charge >= 0.3 is 0 Å². The fourth-order valence-electron chi connectivity index (χ4n) is 3.61. The third kappa shape index (κ3) is 5.88. The first kappa shape index (κ1) is 24.0. The van der Waals surface area contributed by atoms with Gasteiger partial charge in [0.05, 0.1) is 6.20 Å². The highest BCUT2D eigenvalue weighted by Crippen LogP contribution is 2.29. The molecule has 4 aromatic rings. The van der Waals surface area contributed by atoms with Gasteiger partial charge in [-0.05, 0) is 48.4 Å². The highest BCUT2D eigenvalue weighted by atomic mass is 35.5. The van der Waals surface area contributed by atoms with Crippen LogP contribution >= 0.6 is 11.6 Å². The molecule has 0 unspecified atom stereocenters. The average molecular weight is 489 g/mol. The number of carbonyl (C=O) groups is 2. The van der Waals surface area contributed by atoms with Crippen LogP contribution in [0.3, 0.4) is 0 Å². The summed E-state index contributed by atoms with van der Waals surface area (Å²) < 4.78 is 13.4. The average Bonchev–Trinajstić information content (AvgIpc) is 2.87. The third-order valence-electron chi connectivity index (χ3n) is 5.41. The second-order valence-electron chi connectivity index (χ2n) is 7.92. The molecule has 0 aliphatic carbocycles. The number of rotatable bonds is 7. The third-order valence-corrected chi connectivity index (χ3v) is 5.78. The van der Waals surface area contributed by atoms with Crippen molar-refractivity contribution in [2.45, 2.75) is 19.5 Å². The molecule has 8 heteroatoms. The lowest BCUT2D eigenvalue weighted by Gasteiger charge is -2.31. The van der Waals surface area contributed by atoms with Crippen molar-refractivity contribution < 1.29 is 14.0 Å². The minimum atomic E-state index is -1.04. The quantitative estimate of drug-likeness (QED) is 0.367. The Morgan fingerprint density at radius 1 is 1.00 bits per heavy atom. The molecule has 35 heavy (non-hydrogen) atoms. The van der Waals surface area contributed by atoms with Crippen LogP contribution in [0.2, 0.25) is 5.02 Å². The van der Waals surface area contributed by atoms with Crippen LogP contribution in [0.1, 0.15) is 33.2 Å². The van der Waals surface area contributed by atoms with E-state index < -0.39 is 23.7 Å². The molecule has 0 aliphatic heterocycles. The number of aromatic nitrogens is 2. The highest BCUT2D eigenvalue weighted by molar-refractivity contribution is 6.31. The number of nitrogens with zero attached hydrogens (tertiary/aromatic N) is 3. The maximum absolute atomic E-state index is 13.7. The minimum Gasteiger partial charge on any atom is -0.324 e. The Bertz CT molecular complexity index is 1320. The van der Waals surface area contributed by atoms with E-state index in [1.54, 1.807) is 30.3 Å². The summed E-state index contributed by atoms with van der Waals surface area (Å²) in [6.45, 7) is 1.98. The van der Waals surface area contributed by atoms with E-state index in [0.29, 0.717) is 21.8 Å². The zero-order valence-corrected chi connectivity index (χ0v) is 19.6. The normalized spacial score (nSPS) is 11.5. The van der Waals surface area contributed by atoms with E-state index in [0.717, 1.165) is 5.56 Å². The summed E-state index contributed by atoms with van der Waals surface area (Å²) >= 11 is 6.41. The summed E-state index contributed by atoms with van der Waals surface area (Å²) in [7, 11) is 0. The van der Waals surface area contributed by atoms with E-state index in [1.807, 2.05) is 25.1 Å². The number of hydrogen-bond acceptors (Lipinski definition) is 4. The van der Waals surface area contributed by atoms with Crippen LogP contribution in [0.25, 0.3) is 0 Å². The number of amides is 2. The van der Waals surface area contributed by atoms with E-state index in [1.165, 1.54) is 47.8 Å². The number of carbonyl (C=O) groups excluding carboxylic acids is 2. The minimum absolute atomic E-state index is 0.0461. The lowest BCUT2D eigenvalue weighted by Crippen LogP contribution is -2.41. The van der Waals surface area contributed by atoms with Crippen molar-refractivity contribution in [2.24, 2.45) is 0 Å². The molecule has 0 bridgehead atoms. The molecular weight excluding hydrogens is 467 g/mol. The molecule has 1 atom stereocenters.